The van der Waals surface area contributed by atoms with Gasteiger partial charge in [-0.2, -0.15) is 0 Å². The van der Waals surface area contributed by atoms with Gasteiger partial charge in [0.2, 0.25) is 0 Å². The van der Waals surface area contributed by atoms with Crippen molar-refractivity contribution in [1.29, 1.82) is 0 Å². The molecule has 1 rings (SSSR count). The first kappa shape index (κ1) is 11.4. The van der Waals surface area contributed by atoms with Crippen molar-refractivity contribution in [2.45, 2.75) is 6.04 Å². The van der Waals surface area contributed by atoms with Crippen molar-refractivity contribution in [2.75, 3.05) is 20.6 Å². The average molecular weight is 259 g/mol. The molecule has 2 atom stereocenters. The molecule has 0 spiro atoms. The van der Waals surface area contributed by atoms with E-state index in [0.717, 1.165) is 11.0 Å². The first-order chi connectivity index (χ1) is 6.79. The molecule has 2 unspecified atom stereocenters. The van der Waals surface area contributed by atoms with Crippen molar-refractivity contribution >= 4 is 28.5 Å². The molecule has 0 aromatic rings. The number of hydrogen-bond donors (Lipinski definition) is 2. The number of hydrogen-bond acceptors (Lipinski definition) is 4. The number of nitrogens with one attached hydrogen (secondary N) is 2. The normalized spacial score (nSPS) is 23.6. The minimum atomic E-state index is 0.226. The van der Waals surface area contributed by atoms with E-state index in [1.807, 2.05) is 26.5 Å². The molecular weight excluding hydrogens is 244 g/mol. The van der Waals surface area contributed by atoms with Crippen LogP contribution in [0, 0.1) is 5.92 Å². The maximum absolute atomic E-state index is 4.14. The highest BCUT2D eigenvalue weighted by Crippen LogP contribution is 2.18. The van der Waals surface area contributed by atoms with Gasteiger partial charge in [-0.15, -0.1) is 0 Å². The summed E-state index contributed by atoms with van der Waals surface area (Å²) < 4.78 is 1.08. The van der Waals surface area contributed by atoms with Crippen LogP contribution in [0.3, 0.4) is 0 Å². The maximum atomic E-state index is 4.14. The number of halogens is 1. The Morgan fingerprint density at radius 2 is 2.43 bits per heavy atom. The molecule has 0 aliphatic carbocycles. The minimum absolute atomic E-state index is 0.226. The van der Waals surface area contributed by atoms with Crippen molar-refractivity contribution in [3.63, 3.8) is 0 Å². The summed E-state index contributed by atoms with van der Waals surface area (Å²) in [7, 11) is 3.81. The van der Waals surface area contributed by atoms with Gasteiger partial charge in [-0.1, -0.05) is 15.9 Å². The summed E-state index contributed by atoms with van der Waals surface area (Å²) in [6.45, 7) is 0.779. The molecule has 0 amide bonds. The number of nitrogens with zero attached hydrogens (tertiary/aromatic N) is 2. The third-order valence-electron chi connectivity index (χ3n) is 2.06. The standard InChI is InChI=1S/C9H15BrN4/c1-11-5-8(10)9(12-2)7-3-13-6-14-4-7/h3,5-7,9,11-12H,4H2,1-2H3/b8-5+. The number of aliphatic imine (C=N–C) groups is 2. The van der Waals surface area contributed by atoms with Crippen LogP contribution in [0.4, 0.5) is 0 Å². The maximum Gasteiger partial charge on any atom is 0.109 e. The van der Waals surface area contributed by atoms with Gasteiger partial charge in [0.15, 0.2) is 0 Å². The largest absolute Gasteiger partial charge is 0.393 e. The molecule has 4 nitrogen and oxygen atoms in total. The lowest BCUT2D eigenvalue weighted by molar-refractivity contribution is 0.540. The zero-order valence-electron chi connectivity index (χ0n) is 8.37. The summed E-state index contributed by atoms with van der Waals surface area (Å²) in [5.41, 5.74) is 0. The average Bonchev–Trinajstić information content (AvgIpc) is 2.21. The van der Waals surface area contributed by atoms with Gasteiger partial charge in [0.05, 0.1) is 6.54 Å². The van der Waals surface area contributed by atoms with E-state index < -0.39 is 0 Å². The van der Waals surface area contributed by atoms with Crippen LogP contribution in [0.2, 0.25) is 0 Å². The first-order valence-corrected chi connectivity index (χ1v) is 5.30. The molecule has 1 heterocycles. The predicted molar refractivity (Wildman–Crippen MR) is 64.3 cm³/mol. The first-order valence-electron chi connectivity index (χ1n) is 4.51. The Kier molecular flexibility index (Phi) is 4.82. The molecule has 1 aliphatic rings. The summed E-state index contributed by atoms with van der Waals surface area (Å²) in [5.74, 6) is 0.309. The van der Waals surface area contributed by atoms with E-state index in [4.69, 9.17) is 0 Å². The molecule has 0 aromatic heterocycles. The van der Waals surface area contributed by atoms with Crippen LogP contribution >= 0.6 is 15.9 Å². The highest BCUT2D eigenvalue weighted by Gasteiger charge is 2.21. The lowest BCUT2D eigenvalue weighted by atomic mass is 10.0. The predicted octanol–water partition coefficient (Wildman–Crippen LogP) is 0.759. The Morgan fingerprint density at radius 1 is 1.64 bits per heavy atom. The Hall–Kier alpha value is -0.680. The smallest absolute Gasteiger partial charge is 0.109 e. The second kappa shape index (κ2) is 5.93. The second-order valence-electron chi connectivity index (χ2n) is 3.03. The van der Waals surface area contributed by atoms with Crippen molar-refractivity contribution < 1.29 is 0 Å². The van der Waals surface area contributed by atoms with E-state index in [9.17, 15) is 0 Å². The van der Waals surface area contributed by atoms with Crippen LogP contribution in [0.5, 0.6) is 0 Å². The fourth-order valence-electron chi connectivity index (χ4n) is 1.39. The van der Waals surface area contributed by atoms with Gasteiger partial charge in [0.25, 0.3) is 0 Å². The van der Waals surface area contributed by atoms with Gasteiger partial charge < -0.3 is 10.6 Å². The van der Waals surface area contributed by atoms with E-state index in [-0.39, 0.29) is 6.04 Å². The van der Waals surface area contributed by atoms with E-state index in [1.165, 1.54) is 0 Å². The van der Waals surface area contributed by atoms with Crippen LogP contribution in [0.1, 0.15) is 0 Å². The third kappa shape index (κ3) is 2.92. The quantitative estimate of drug-likeness (QED) is 0.783. The summed E-state index contributed by atoms with van der Waals surface area (Å²) in [6, 6.07) is 0.226. The molecule has 78 valence electrons. The van der Waals surface area contributed by atoms with Crippen LogP contribution in [-0.4, -0.2) is 39.2 Å². The fraction of sp³-hybridized carbons (Fsp3) is 0.556. The zero-order chi connectivity index (χ0) is 10.4. The molecule has 0 fully saturated rings. The minimum Gasteiger partial charge on any atom is -0.393 e. The lowest BCUT2D eigenvalue weighted by Gasteiger charge is -2.23. The Labute approximate surface area is 92.7 Å². The SMILES string of the molecule is CN/C=C(/Br)C(NC)C1C=NC=NC1. The molecule has 0 saturated heterocycles. The van der Waals surface area contributed by atoms with Gasteiger partial charge in [0.1, 0.15) is 6.34 Å². The van der Waals surface area contributed by atoms with Crippen molar-refractivity contribution in [3.05, 3.63) is 10.7 Å². The molecule has 0 aromatic carbocycles. The van der Waals surface area contributed by atoms with Gasteiger partial charge in [-0.3, -0.25) is 4.99 Å². The zero-order valence-corrected chi connectivity index (χ0v) is 9.95. The number of likely N-dealkylation sites (N-methyl/N-ethyl adjacent to an activating group) is 1. The third-order valence-corrected chi connectivity index (χ3v) is 2.78. The Morgan fingerprint density at radius 3 is 2.93 bits per heavy atom. The van der Waals surface area contributed by atoms with Gasteiger partial charge >= 0.3 is 0 Å². The van der Waals surface area contributed by atoms with Gasteiger partial charge in [-0.25, -0.2) is 4.99 Å². The monoisotopic (exact) mass is 258 g/mol. The molecule has 1 aliphatic heterocycles. The topological polar surface area (TPSA) is 48.8 Å². The lowest BCUT2D eigenvalue weighted by Crippen LogP contribution is -2.37. The fourth-order valence-corrected chi connectivity index (χ4v) is 2.19. The Balaban J connectivity index is 2.66. The van der Waals surface area contributed by atoms with E-state index in [1.54, 1.807) is 6.34 Å². The molecule has 2 N–H and O–H groups in total. The molecule has 5 heteroatoms. The molecular formula is C9H15BrN4. The summed E-state index contributed by atoms with van der Waals surface area (Å²) in [4.78, 5) is 8.18. The van der Waals surface area contributed by atoms with Crippen molar-refractivity contribution in [1.82, 2.24) is 10.6 Å². The summed E-state index contributed by atoms with van der Waals surface area (Å²) in [6.07, 6.45) is 5.45. The summed E-state index contributed by atoms with van der Waals surface area (Å²) in [5, 5.41) is 6.23. The van der Waals surface area contributed by atoms with Crippen molar-refractivity contribution in [2.24, 2.45) is 15.9 Å². The van der Waals surface area contributed by atoms with Crippen molar-refractivity contribution in [3.8, 4) is 0 Å². The van der Waals surface area contributed by atoms with Crippen LogP contribution in [-0.2, 0) is 0 Å². The molecule has 0 radical (unpaired) electrons. The highest BCUT2D eigenvalue weighted by atomic mass is 79.9. The summed E-state index contributed by atoms with van der Waals surface area (Å²) >= 11 is 3.52. The van der Waals surface area contributed by atoms with Crippen LogP contribution in [0.15, 0.2) is 20.7 Å². The Bertz CT molecular complexity index is 260. The number of rotatable bonds is 4. The van der Waals surface area contributed by atoms with E-state index in [2.05, 4.69) is 36.5 Å². The van der Waals surface area contributed by atoms with E-state index in [0.29, 0.717) is 5.92 Å². The second-order valence-corrected chi connectivity index (χ2v) is 3.94. The van der Waals surface area contributed by atoms with Crippen LogP contribution < -0.4 is 10.6 Å². The van der Waals surface area contributed by atoms with Gasteiger partial charge in [-0.05, 0) is 7.05 Å². The molecule has 0 saturated carbocycles. The molecule has 14 heavy (non-hydrogen) atoms. The van der Waals surface area contributed by atoms with Crippen LogP contribution in [0.25, 0.3) is 0 Å². The van der Waals surface area contributed by atoms with E-state index >= 15 is 0 Å². The van der Waals surface area contributed by atoms with Gasteiger partial charge in [0, 0.05) is 35.9 Å². The molecule has 0 bridgehead atoms. The highest BCUT2D eigenvalue weighted by molar-refractivity contribution is 9.11.